The normalized spacial score (nSPS) is 14.2. The molecule has 1 heterocycles. The molecule has 0 aliphatic rings. The maximum absolute atomic E-state index is 12.9. The van der Waals surface area contributed by atoms with Gasteiger partial charge in [0, 0.05) is 6.42 Å². The lowest BCUT2D eigenvalue weighted by atomic mass is 9.99. The van der Waals surface area contributed by atoms with Gasteiger partial charge >= 0.3 is 6.18 Å². The van der Waals surface area contributed by atoms with Gasteiger partial charge in [-0.15, -0.1) is 0 Å². The number of carbonyl (C=O) groups excluding carboxylic acids is 1. The number of amides is 1. The predicted octanol–water partition coefficient (Wildman–Crippen LogP) is 2.02. The molecule has 1 aromatic carbocycles. The summed E-state index contributed by atoms with van der Waals surface area (Å²) in [5, 5.41) is 22.9. The zero-order valence-electron chi connectivity index (χ0n) is 12.0. The Hall–Kier alpha value is -2.55. The topological polar surface area (TPSA) is 85.5 Å². The van der Waals surface area contributed by atoms with Gasteiger partial charge in [0.25, 0.3) is 0 Å². The van der Waals surface area contributed by atoms with Crippen LogP contribution in [0.3, 0.4) is 0 Å². The first-order valence-corrected chi connectivity index (χ1v) is 6.74. The van der Waals surface area contributed by atoms with Crippen molar-refractivity contribution >= 4 is 6.09 Å². The van der Waals surface area contributed by atoms with Gasteiger partial charge in [-0.05, 0) is 29.8 Å². The van der Waals surface area contributed by atoms with E-state index in [2.05, 4.69) is 4.42 Å². The van der Waals surface area contributed by atoms with Gasteiger partial charge in [0.15, 0.2) is 0 Å². The van der Waals surface area contributed by atoms with Gasteiger partial charge in [0.2, 0.25) is 5.76 Å². The Kier molecular flexibility index (Phi) is 5.13. The van der Waals surface area contributed by atoms with Crippen molar-refractivity contribution in [1.29, 1.82) is 0 Å². The van der Waals surface area contributed by atoms with Gasteiger partial charge in [-0.2, -0.15) is 13.2 Å². The van der Waals surface area contributed by atoms with Crippen LogP contribution in [0.2, 0.25) is 0 Å². The van der Waals surface area contributed by atoms with Crippen molar-refractivity contribution in [1.82, 2.24) is 5.32 Å². The molecule has 0 aliphatic carbocycles. The third-order valence-corrected chi connectivity index (χ3v) is 3.26. The highest BCUT2D eigenvalue weighted by molar-refractivity contribution is 5.62. The summed E-state index contributed by atoms with van der Waals surface area (Å²) in [6, 6.07) is 5.07. The molecule has 0 saturated heterocycles. The van der Waals surface area contributed by atoms with Crippen LogP contribution >= 0.6 is 0 Å². The molecule has 0 fully saturated rings. The monoisotopic (exact) mass is 346 g/mol. The van der Waals surface area contributed by atoms with Crippen molar-refractivity contribution in [2.75, 3.05) is 0 Å². The van der Waals surface area contributed by atoms with E-state index in [1.807, 2.05) is 5.32 Å². The minimum absolute atomic E-state index is 0.178. The first kappa shape index (κ1) is 17.8. The van der Waals surface area contributed by atoms with Crippen molar-refractivity contribution < 1.29 is 37.0 Å². The van der Waals surface area contributed by atoms with E-state index in [-0.39, 0.29) is 17.7 Å². The second-order valence-electron chi connectivity index (χ2n) is 5.00. The minimum Gasteiger partial charge on any atom is -0.530 e. The lowest BCUT2D eigenvalue weighted by Crippen LogP contribution is -2.47. The molecule has 5 nitrogen and oxygen atoms in total. The molecule has 0 aliphatic heterocycles. The summed E-state index contributed by atoms with van der Waals surface area (Å²) in [6.07, 6.45) is -8.19. The van der Waals surface area contributed by atoms with E-state index < -0.39 is 36.0 Å². The van der Waals surface area contributed by atoms with Crippen LogP contribution < -0.4 is 10.4 Å². The molecular weight excluding hydrogens is 334 g/mol. The standard InChI is InChI=1S/C15H13F4NO4/c16-9-3-1-8(2-4-9)13(21)11(20-14(22)23)7-10-5-6-12(24-10)15(17,18)19/h1-6,11,13,20-21H,7H2,(H,22,23)/p-1. The van der Waals surface area contributed by atoms with Gasteiger partial charge in [-0.3, -0.25) is 0 Å². The van der Waals surface area contributed by atoms with Gasteiger partial charge in [-0.25, -0.2) is 4.39 Å². The summed E-state index contributed by atoms with van der Waals surface area (Å²) in [7, 11) is 0. The van der Waals surface area contributed by atoms with Gasteiger partial charge in [0.1, 0.15) is 17.7 Å². The van der Waals surface area contributed by atoms with E-state index in [1.54, 1.807) is 0 Å². The molecular formula is C15H12F4NO4-. The van der Waals surface area contributed by atoms with Gasteiger partial charge in [-0.1, -0.05) is 12.1 Å². The number of benzene rings is 1. The number of aliphatic hydroxyl groups excluding tert-OH is 1. The third-order valence-electron chi connectivity index (χ3n) is 3.26. The first-order chi connectivity index (χ1) is 11.2. The van der Waals surface area contributed by atoms with Crippen LogP contribution in [-0.4, -0.2) is 17.2 Å². The van der Waals surface area contributed by atoms with Crippen molar-refractivity contribution in [2.45, 2.75) is 24.7 Å². The Morgan fingerprint density at radius 2 is 1.83 bits per heavy atom. The molecule has 2 unspecified atom stereocenters. The summed E-state index contributed by atoms with van der Waals surface area (Å²) in [6.45, 7) is 0. The Balaban J connectivity index is 2.20. The van der Waals surface area contributed by atoms with Crippen molar-refractivity contribution in [3.63, 3.8) is 0 Å². The average Bonchev–Trinajstić information content (AvgIpc) is 2.95. The second-order valence-corrected chi connectivity index (χ2v) is 5.00. The van der Waals surface area contributed by atoms with Crippen LogP contribution in [0.5, 0.6) is 0 Å². The average molecular weight is 346 g/mol. The molecule has 9 heteroatoms. The number of halogens is 4. The minimum atomic E-state index is -4.68. The third kappa shape index (κ3) is 4.48. The van der Waals surface area contributed by atoms with E-state index in [4.69, 9.17) is 0 Å². The molecule has 0 spiro atoms. The predicted molar refractivity (Wildman–Crippen MR) is 71.1 cm³/mol. The number of hydrogen-bond acceptors (Lipinski definition) is 4. The molecule has 0 bridgehead atoms. The molecule has 24 heavy (non-hydrogen) atoms. The highest BCUT2D eigenvalue weighted by Crippen LogP contribution is 2.31. The molecule has 0 radical (unpaired) electrons. The zero-order chi connectivity index (χ0) is 17.9. The summed E-state index contributed by atoms with van der Waals surface area (Å²) in [4.78, 5) is 10.8. The molecule has 2 N–H and O–H groups in total. The number of alkyl halides is 3. The van der Waals surface area contributed by atoms with E-state index in [0.717, 1.165) is 18.2 Å². The second kappa shape index (κ2) is 6.91. The maximum Gasteiger partial charge on any atom is 0.449 e. The molecule has 2 aromatic rings. The Morgan fingerprint density at radius 1 is 1.21 bits per heavy atom. The molecule has 1 aromatic heterocycles. The number of rotatable bonds is 5. The molecule has 1 amide bonds. The largest absolute Gasteiger partial charge is 0.530 e. The lowest BCUT2D eigenvalue weighted by molar-refractivity contribution is -0.252. The Morgan fingerprint density at radius 3 is 2.33 bits per heavy atom. The lowest BCUT2D eigenvalue weighted by Gasteiger charge is -2.25. The smallest absolute Gasteiger partial charge is 0.449 e. The molecule has 130 valence electrons. The van der Waals surface area contributed by atoms with Crippen LogP contribution in [0.4, 0.5) is 22.4 Å². The van der Waals surface area contributed by atoms with Crippen molar-refractivity contribution in [2.24, 2.45) is 0 Å². The van der Waals surface area contributed by atoms with Crippen LogP contribution in [0.1, 0.15) is 23.2 Å². The number of hydrogen-bond donors (Lipinski definition) is 2. The fraction of sp³-hybridized carbons (Fsp3) is 0.267. The van der Waals surface area contributed by atoms with Crippen LogP contribution in [0.15, 0.2) is 40.8 Å². The Labute approximate surface area is 133 Å². The highest BCUT2D eigenvalue weighted by atomic mass is 19.4. The summed E-state index contributed by atoms with van der Waals surface area (Å²) < 4.78 is 55.1. The number of carboxylic acid groups (broad SMARTS) is 1. The van der Waals surface area contributed by atoms with E-state index in [1.165, 1.54) is 12.1 Å². The van der Waals surface area contributed by atoms with Gasteiger partial charge in [0.05, 0.1) is 12.1 Å². The van der Waals surface area contributed by atoms with Crippen LogP contribution in [-0.2, 0) is 12.6 Å². The van der Waals surface area contributed by atoms with E-state index >= 15 is 0 Å². The molecule has 0 saturated carbocycles. The quantitative estimate of drug-likeness (QED) is 0.811. The summed E-state index contributed by atoms with van der Waals surface area (Å²) in [5.74, 6) is -1.97. The fourth-order valence-corrected chi connectivity index (χ4v) is 2.14. The van der Waals surface area contributed by atoms with Crippen LogP contribution in [0, 0.1) is 5.82 Å². The SMILES string of the molecule is O=C([O-])NC(Cc1ccc(C(F)(F)F)o1)C(O)c1ccc(F)cc1. The molecule has 2 atom stereocenters. The number of furan rings is 1. The molecule has 2 rings (SSSR count). The fourth-order valence-electron chi connectivity index (χ4n) is 2.14. The first-order valence-electron chi connectivity index (χ1n) is 6.74. The van der Waals surface area contributed by atoms with Crippen LogP contribution in [0.25, 0.3) is 0 Å². The zero-order valence-corrected chi connectivity index (χ0v) is 12.0. The number of carbonyl (C=O) groups is 1. The summed E-state index contributed by atoms with van der Waals surface area (Å²) in [5.41, 5.74) is 0.178. The summed E-state index contributed by atoms with van der Waals surface area (Å²) >= 11 is 0. The number of nitrogens with one attached hydrogen (secondary N) is 1. The van der Waals surface area contributed by atoms with Crippen molar-refractivity contribution in [3.05, 3.63) is 59.3 Å². The van der Waals surface area contributed by atoms with E-state index in [0.29, 0.717) is 6.07 Å². The van der Waals surface area contributed by atoms with E-state index in [9.17, 15) is 32.6 Å². The van der Waals surface area contributed by atoms with Gasteiger partial charge < -0.3 is 24.7 Å². The maximum atomic E-state index is 12.9. The Bertz CT molecular complexity index is 696. The number of aliphatic hydroxyl groups is 1. The van der Waals surface area contributed by atoms with Crippen molar-refractivity contribution in [3.8, 4) is 0 Å². The highest BCUT2D eigenvalue weighted by Gasteiger charge is 2.35.